The van der Waals surface area contributed by atoms with Crippen LogP contribution in [0, 0.1) is 6.57 Å². The number of hydrogen-bond donors (Lipinski definition) is 1. The van der Waals surface area contributed by atoms with Crippen LogP contribution in [0.5, 0.6) is 0 Å². The van der Waals surface area contributed by atoms with Gasteiger partial charge in [0.1, 0.15) is 5.76 Å². The van der Waals surface area contributed by atoms with Crippen LogP contribution in [0.15, 0.2) is 54.1 Å². The molecule has 0 saturated heterocycles. The van der Waals surface area contributed by atoms with Crippen LogP contribution >= 0.6 is 0 Å². The number of amides is 1. The number of fused-ring (bicyclic) bond motifs is 1. The van der Waals surface area contributed by atoms with Crippen LogP contribution in [0.1, 0.15) is 17.5 Å². The molecule has 0 radical (unpaired) electrons. The summed E-state index contributed by atoms with van der Waals surface area (Å²) in [6.07, 6.45) is -0.268. The quantitative estimate of drug-likeness (QED) is 0.679. The molecule has 1 heterocycles. The van der Waals surface area contributed by atoms with Gasteiger partial charge in [-0.15, -0.1) is 0 Å². The lowest BCUT2D eigenvalue weighted by molar-refractivity contribution is -0.137. The molecule has 2 aromatic rings. The van der Waals surface area contributed by atoms with Crippen LogP contribution < -0.4 is 4.90 Å². The number of carbonyl (C=O) groups is 2. The number of aliphatic hydroxyl groups excluding tert-OH is 1. The van der Waals surface area contributed by atoms with E-state index in [1.165, 1.54) is 12.0 Å². The first-order valence-corrected chi connectivity index (χ1v) is 7.91. The zero-order valence-electron chi connectivity index (χ0n) is 14.1. The molecular formula is C20H16N2O4. The predicted octanol–water partition coefficient (Wildman–Crippen LogP) is 3.62. The molecule has 0 spiro atoms. The fourth-order valence-corrected chi connectivity index (χ4v) is 2.91. The Bertz CT molecular complexity index is 956. The molecule has 0 fully saturated rings. The summed E-state index contributed by atoms with van der Waals surface area (Å²) in [6.45, 7) is 7.35. The minimum absolute atomic E-state index is 0.0673. The molecule has 2 aromatic carbocycles. The topological polar surface area (TPSA) is 71.2 Å². The lowest BCUT2D eigenvalue weighted by atomic mass is 10.1. The molecule has 1 N–H and O–H groups in total. The molecular weight excluding hydrogens is 332 g/mol. The number of rotatable bonds is 3. The van der Waals surface area contributed by atoms with Gasteiger partial charge in [0.25, 0.3) is 0 Å². The van der Waals surface area contributed by atoms with E-state index in [4.69, 9.17) is 11.3 Å². The van der Waals surface area contributed by atoms with E-state index in [2.05, 4.69) is 4.85 Å². The Kier molecular flexibility index (Phi) is 4.72. The van der Waals surface area contributed by atoms with Crippen LogP contribution in [0.25, 0.3) is 10.6 Å². The molecule has 130 valence electrons. The average Bonchev–Trinajstić information content (AvgIpc) is 2.78. The number of para-hydroxylation sites is 1. The number of benzene rings is 2. The van der Waals surface area contributed by atoms with Gasteiger partial charge in [0.15, 0.2) is 5.69 Å². The fourth-order valence-electron chi connectivity index (χ4n) is 2.91. The summed E-state index contributed by atoms with van der Waals surface area (Å²) < 4.78 is 4.70. The molecule has 26 heavy (non-hydrogen) atoms. The smallest absolute Gasteiger partial charge is 0.338 e. The molecule has 3 rings (SSSR count). The van der Waals surface area contributed by atoms with Gasteiger partial charge in [-0.25, -0.2) is 9.64 Å². The van der Waals surface area contributed by atoms with Gasteiger partial charge in [0, 0.05) is 12.1 Å². The maximum absolute atomic E-state index is 12.8. The van der Waals surface area contributed by atoms with E-state index in [-0.39, 0.29) is 30.2 Å². The Hall–Kier alpha value is -3.59. The molecule has 0 aromatic heterocycles. The van der Waals surface area contributed by atoms with Crippen molar-refractivity contribution in [2.75, 3.05) is 12.0 Å². The van der Waals surface area contributed by atoms with Crippen LogP contribution in [-0.4, -0.2) is 24.1 Å². The zero-order chi connectivity index (χ0) is 18.7. The minimum atomic E-state index is -0.734. The Morgan fingerprint density at radius 2 is 2.04 bits per heavy atom. The Labute approximate surface area is 150 Å². The van der Waals surface area contributed by atoms with E-state index in [1.807, 2.05) is 6.07 Å². The number of esters is 1. The van der Waals surface area contributed by atoms with Crippen molar-refractivity contribution in [1.82, 2.24) is 0 Å². The van der Waals surface area contributed by atoms with Gasteiger partial charge in [0.2, 0.25) is 5.91 Å². The summed E-state index contributed by atoms with van der Waals surface area (Å²) in [5.74, 6) is -1.32. The highest BCUT2D eigenvalue weighted by atomic mass is 16.5. The van der Waals surface area contributed by atoms with Crippen molar-refractivity contribution in [1.29, 1.82) is 0 Å². The molecule has 6 heteroatoms. The normalized spacial score (nSPS) is 13.7. The first-order chi connectivity index (χ1) is 12.5. The molecule has 1 amide bonds. The molecule has 1 aliphatic heterocycles. The summed E-state index contributed by atoms with van der Waals surface area (Å²) in [7, 11) is 1.21. The number of aliphatic hydroxyl groups is 1. The van der Waals surface area contributed by atoms with Gasteiger partial charge in [-0.1, -0.05) is 36.4 Å². The lowest BCUT2D eigenvalue weighted by Crippen LogP contribution is -2.30. The van der Waals surface area contributed by atoms with Gasteiger partial charge >= 0.3 is 5.97 Å². The number of hydrogen-bond acceptors (Lipinski definition) is 4. The van der Waals surface area contributed by atoms with E-state index in [0.29, 0.717) is 16.9 Å². The average molecular weight is 348 g/mol. The van der Waals surface area contributed by atoms with E-state index >= 15 is 0 Å². The standard InChI is InChI=1S/C20H16N2O4/c1-21-14-7-5-6-13(10-14)12-22-17-9-4-3-8-15(17)19(24)16(11-18(22)23)20(25)26-2/h3-10,24H,11-12H2,2H3. The summed E-state index contributed by atoms with van der Waals surface area (Å²) in [4.78, 5) is 29.7. The second kappa shape index (κ2) is 7.11. The number of ether oxygens (including phenoxy) is 1. The van der Waals surface area contributed by atoms with Crippen molar-refractivity contribution in [2.45, 2.75) is 13.0 Å². The maximum Gasteiger partial charge on any atom is 0.338 e. The maximum atomic E-state index is 12.8. The van der Waals surface area contributed by atoms with Gasteiger partial charge in [-0.05, 0) is 17.7 Å². The molecule has 0 aliphatic carbocycles. The van der Waals surface area contributed by atoms with Crippen LogP contribution in [0.2, 0.25) is 0 Å². The van der Waals surface area contributed by atoms with Crippen molar-refractivity contribution in [3.05, 3.63) is 76.6 Å². The van der Waals surface area contributed by atoms with Gasteiger partial charge in [-0.3, -0.25) is 4.79 Å². The second-order valence-electron chi connectivity index (χ2n) is 5.77. The third-order valence-corrected chi connectivity index (χ3v) is 4.18. The highest BCUT2D eigenvalue weighted by Gasteiger charge is 2.31. The number of carbonyl (C=O) groups excluding carboxylic acids is 2. The SMILES string of the molecule is [C-]#[N+]c1cccc(CN2C(=O)CC(C(=O)OC)=C(O)c3ccccc32)c1. The summed E-state index contributed by atoms with van der Waals surface area (Å²) in [6, 6.07) is 13.8. The van der Waals surface area contributed by atoms with Crippen LogP contribution in [0.3, 0.4) is 0 Å². The van der Waals surface area contributed by atoms with E-state index < -0.39 is 5.97 Å². The molecule has 6 nitrogen and oxygen atoms in total. The van der Waals surface area contributed by atoms with Crippen LogP contribution in [-0.2, 0) is 20.9 Å². The largest absolute Gasteiger partial charge is 0.507 e. The molecule has 0 atom stereocenters. The first-order valence-electron chi connectivity index (χ1n) is 7.91. The molecule has 1 aliphatic rings. The highest BCUT2D eigenvalue weighted by molar-refractivity contribution is 6.09. The number of anilines is 1. The highest BCUT2D eigenvalue weighted by Crippen LogP contribution is 2.34. The van der Waals surface area contributed by atoms with Crippen molar-refractivity contribution < 1.29 is 19.4 Å². The summed E-state index contributed by atoms with van der Waals surface area (Å²) >= 11 is 0. The van der Waals surface area contributed by atoms with E-state index in [1.54, 1.807) is 42.5 Å². The molecule has 0 bridgehead atoms. The van der Waals surface area contributed by atoms with Crippen molar-refractivity contribution in [3.8, 4) is 0 Å². The summed E-state index contributed by atoms with van der Waals surface area (Å²) in [5, 5.41) is 10.5. The van der Waals surface area contributed by atoms with Crippen molar-refractivity contribution in [2.24, 2.45) is 0 Å². The Balaban J connectivity index is 2.06. The third kappa shape index (κ3) is 3.15. The van der Waals surface area contributed by atoms with Crippen LogP contribution in [0.4, 0.5) is 11.4 Å². The summed E-state index contributed by atoms with van der Waals surface area (Å²) in [5.41, 5.74) is 2.08. The lowest BCUT2D eigenvalue weighted by Gasteiger charge is -2.23. The Morgan fingerprint density at radius 3 is 2.77 bits per heavy atom. The first kappa shape index (κ1) is 17.2. The molecule has 0 saturated carbocycles. The van der Waals surface area contributed by atoms with Crippen molar-refractivity contribution in [3.63, 3.8) is 0 Å². The van der Waals surface area contributed by atoms with Gasteiger partial charge in [0.05, 0.1) is 31.4 Å². The van der Waals surface area contributed by atoms with Gasteiger partial charge < -0.3 is 14.7 Å². The Morgan fingerprint density at radius 1 is 1.27 bits per heavy atom. The molecule has 0 unspecified atom stereocenters. The van der Waals surface area contributed by atoms with Crippen molar-refractivity contribution >= 4 is 29.0 Å². The number of nitrogens with zero attached hydrogens (tertiary/aromatic N) is 2. The second-order valence-corrected chi connectivity index (χ2v) is 5.77. The number of methoxy groups -OCH3 is 1. The van der Waals surface area contributed by atoms with E-state index in [0.717, 1.165) is 5.56 Å². The zero-order valence-corrected chi connectivity index (χ0v) is 14.1. The monoisotopic (exact) mass is 348 g/mol. The minimum Gasteiger partial charge on any atom is -0.507 e. The fraction of sp³-hybridized carbons (Fsp3) is 0.150. The predicted molar refractivity (Wildman–Crippen MR) is 96.5 cm³/mol. The third-order valence-electron chi connectivity index (χ3n) is 4.18. The van der Waals surface area contributed by atoms with E-state index in [9.17, 15) is 14.7 Å². The van der Waals surface area contributed by atoms with Gasteiger partial charge in [-0.2, -0.15) is 0 Å².